The van der Waals surface area contributed by atoms with Crippen molar-refractivity contribution in [1.29, 1.82) is 0 Å². The molecule has 0 radical (unpaired) electrons. The van der Waals surface area contributed by atoms with Crippen LogP contribution in [0.15, 0.2) is 24.3 Å². The van der Waals surface area contributed by atoms with Gasteiger partial charge in [-0.25, -0.2) is 4.39 Å². The molecule has 1 aliphatic heterocycles. The summed E-state index contributed by atoms with van der Waals surface area (Å²) in [5.41, 5.74) is 0.907. The molecular formula is C12H15FN2O. The molecule has 1 aromatic rings. The molecule has 86 valence electrons. The lowest BCUT2D eigenvalue weighted by Gasteiger charge is -2.21. The molecule has 0 atom stereocenters. The highest BCUT2D eigenvalue weighted by Gasteiger charge is 2.18. The van der Waals surface area contributed by atoms with Gasteiger partial charge in [0.25, 0.3) is 0 Å². The number of benzene rings is 1. The molecule has 0 unspecified atom stereocenters. The van der Waals surface area contributed by atoms with Crippen molar-refractivity contribution in [3.8, 4) is 0 Å². The van der Waals surface area contributed by atoms with Gasteiger partial charge in [-0.05, 0) is 30.7 Å². The van der Waals surface area contributed by atoms with Crippen LogP contribution in [0.4, 0.5) is 10.1 Å². The summed E-state index contributed by atoms with van der Waals surface area (Å²) in [5, 5.41) is 0. The summed E-state index contributed by atoms with van der Waals surface area (Å²) < 4.78 is 12.8. The molecule has 16 heavy (non-hydrogen) atoms. The van der Waals surface area contributed by atoms with E-state index < -0.39 is 0 Å². The van der Waals surface area contributed by atoms with E-state index >= 15 is 0 Å². The van der Waals surface area contributed by atoms with Crippen molar-refractivity contribution in [1.82, 2.24) is 4.90 Å². The van der Waals surface area contributed by atoms with E-state index in [1.54, 1.807) is 17.0 Å². The number of carbonyl (C=O) groups excluding carboxylic acids is 1. The van der Waals surface area contributed by atoms with E-state index in [4.69, 9.17) is 0 Å². The lowest BCUT2D eigenvalue weighted by Crippen LogP contribution is -2.34. The Kier molecular flexibility index (Phi) is 3.08. The van der Waals surface area contributed by atoms with E-state index in [9.17, 15) is 9.18 Å². The first-order chi connectivity index (χ1) is 7.66. The van der Waals surface area contributed by atoms with Crippen molar-refractivity contribution in [3.63, 3.8) is 0 Å². The van der Waals surface area contributed by atoms with Crippen molar-refractivity contribution < 1.29 is 9.18 Å². The Morgan fingerprint density at radius 1 is 1.19 bits per heavy atom. The van der Waals surface area contributed by atoms with Crippen LogP contribution in [0.1, 0.15) is 6.42 Å². The molecule has 4 heteroatoms. The maximum Gasteiger partial charge on any atom is 0.241 e. The molecule has 0 aromatic heterocycles. The van der Waals surface area contributed by atoms with Gasteiger partial charge in [-0.2, -0.15) is 0 Å². The second-order valence-electron chi connectivity index (χ2n) is 4.07. The monoisotopic (exact) mass is 222 g/mol. The van der Waals surface area contributed by atoms with Gasteiger partial charge >= 0.3 is 0 Å². The Bertz CT molecular complexity index is 377. The van der Waals surface area contributed by atoms with Crippen LogP contribution < -0.4 is 4.90 Å². The van der Waals surface area contributed by atoms with E-state index in [0.29, 0.717) is 6.54 Å². The third kappa shape index (κ3) is 2.32. The zero-order valence-electron chi connectivity index (χ0n) is 9.32. The van der Waals surface area contributed by atoms with Gasteiger partial charge in [-0.15, -0.1) is 0 Å². The molecule has 1 aliphatic rings. The van der Waals surface area contributed by atoms with Crippen LogP contribution >= 0.6 is 0 Å². The van der Waals surface area contributed by atoms with E-state index in [0.717, 1.165) is 25.2 Å². The second kappa shape index (κ2) is 4.51. The Hall–Kier alpha value is -1.58. The Morgan fingerprint density at radius 3 is 2.56 bits per heavy atom. The Balaban J connectivity index is 2.14. The maximum atomic E-state index is 12.8. The first-order valence-corrected chi connectivity index (χ1v) is 5.41. The standard InChI is InChI=1S/C12H15FN2O/c1-14-7-2-8-15(9-12(14)16)11-5-3-10(13)4-6-11/h3-6H,2,7-9H2,1H3. The topological polar surface area (TPSA) is 23.6 Å². The highest BCUT2D eigenvalue weighted by atomic mass is 19.1. The molecule has 0 spiro atoms. The van der Waals surface area contributed by atoms with Crippen LogP contribution in [0.5, 0.6) is 0 Å². The van der Waals surface area contributed by atoms with Gasteiger partial charge in [0.15, 0.2) is 0 Å². The summed E-state index contributed by atoms with van der Waals surface area (Å²) in [6.07, 6.45) is 0.944. The van der Waals surface area contributed by atoms with Gasteiger partial charge in [0.1, 0.15) is 5.82 Å². The molecule has 2 rings (SSSR count). The average molecular weight is 222 g/mol. The minimum atomic E-state index is -0.248. The highest BCUT2D eigenvalue weighted by Crippen LogP contribution is 2.16. The minimum absolute atomic E-state index is 0.113. The van der Waals surface area contributed by atoms with Gasteiger partial charge in [0, 0.05) is 25.8 Å². The number of rotatable bonds is 1. The van der Waals surface area contributed by atoms with Crippen molar-refractivity contribution in [2.45, 2.75) is 6.42 Å². The van der Waals surface area contributed by atoms with E-state index in [1.165, 1.54) is 12.1 Å². The molecule has 1 aromatic carbocycles. The van der Waals surface area contributed by atoms with Gasteiger partial charge < -0.3 is 9.80 Å². The fourth-order valence-corrected chi connectivity index (χ4v) is 1.86. The molecule has 0 saturated carbocycles. The number of halogens is 1. The molecule has 3 nitrogen and oxygen atoms in total. The maximum absolute atomic E-state index is 12.8. The normalized spacial score (nSPS) is 17.5. The van der Waals surface area contributed by atoms with Crippen molar-refractivity contribution in [3.05, 3.63) is 30.1 Å². The molecule has 0 N–H and O–H groups in total. The fourth-order valence-electron chi connectivity index (χ4n) is 1.86. The number of hydrogen-bond acceptors (Lipinski definition) is 2. The van der Waals surface area contributed by atoms with Gasteiger partial charge in [-0.3, -0.25) is 4.79 Å². The quantitative estimate of drug-likeness (QED) is 0.718. The number of nitrogens with zero attached hydrogens (tertiary/aromatic N) is 2. The fraction of sp³-hybridized carbons (Fsp3) is 0.417. The van der Waals surface area contributed by atoms with E-state index in [1.807, 2.05) is 11.9 Å². The minimum Gasteiger partial charge on any atom is -0.362 e. The first kappa shape index (κ1) is 10.9. The lowest BCUT2D eigenvalue weighted by atomic mass is 10.2. The first-order valence-electron chi connectivity index (χ1n) is 5.41. The summed E-state index contributed by atoms with van der Waals surface area (Å²) in [6.45, 7) is 2.00. The number of carbonyl (C=O) groups is 1. The number of likely N-dealkylation sites (N-methyl/N-ethyl adjacent to an activating group) is 1. The largest absolute Gasteiger partial charge is 0.362 e. The van der Waals surface area contributed by atoms with Crippen LogP contribution in [0.3, 0.4) is 0 Å². The number of anilines is 1. The van der Waals surface area contributed by atoms with Crippen molar-refractivity contribution in [2.75, 3.05) is 31.6 Å². The van der Waals surface area contributed by atoms with Crippen molar-refractivity contribution >= 4 is 11.6 Å². The zero-order valence-corrected chi connectivity index (χ0v) is 9.32. The van der Waals surface area contributed by atoms with Crippen LogP contribution in [0.2, 0.25) is 0 Å². The molecule has 0 aliphatic carbocycles. The van der Waals surface area contributed by atoms with Gasteiger partial charge in [0.05, 0.1) is 6.54 Å². The van der Waals surface area contributed by atoms with Crippen LogP contribution in [0.25, 0.3) is 0 Å². The average Bonchev–Trinajstić information content (AvgIpc) is 2.43. The van der Waals surface area contributed by atoms with Crippen LogP contribution in [0, 0.1) is 5.82 Å². The molecule has 1 amide bonds. The molecule has 1 saturated heterocycles. The molecule has 1 heterocycles. The Morgan fingerprint density at radius 2 is 1.88 bits per heavy atom. The van der Waals surface area contributed by atoms with E-state index in [2.05, 4.69) is 0 Å². The summed E-state index contributed by atoms with van der Waals surface area (Å²) in [4.78, 5) is 15.4. The number of hydrogen-bond donors (Lipinski definition) is 0. The summed E-state index contributed by atoms with van der Waals surface area (Å²) in [6, 6.07) is 6.28. The molecule has 0 bridgehead atoms. The Labute approximate surface area is 94.5 Å². The number of amides is 1. The SMILES string of the molecule is CN1CCCN(c2ccc(F)cc2)CC1=O. The van der Waals surface area contributed by atoms with Gasteiger partial charge in [-0.1, -0.05) is 0 Å². The molecule has 1 fully saturated rings. The molecular weight excluding hydrogens is 207 g/mol. The van der Waals surface area contributed by atoms with E-state index in [-0.39, 0.29) is 11.7 Å². The van der Waals surface area contributed by atoms with Crippen molar-refractivity contribution in [2.24, 2.45) is 0 Å². The third-order valence-corrected chi connectivity index (χ3v) is 2.87. The summed E-state index contributed by atoms with van der Waals surface area (Å²) in [7, 11) is 1.82. The summed E-state index contributed by atoms with van der Waals surface area (Å²) in [5.74, 6) is -0.135. The smallest absolute Gasteiger partial charge is 0.241 e. The lowest BCUT2D eigenvalue weighted by molar-refractivity contribution is -0.127. The second-order valence-corrected chi connectivity index (χ2v) is 4.07. The van der Waals surface area contributed by atoms with Gasteiger partial charge in [0.2, 0.25) is 5.91 Å². The summed E-state index contributed by atoms with van der Waals surface area (Å²) >= 11 is 0. The highest BCUT2D eigenvalue weighted by molar-refractivity contribution is 5.81. The zero-order chi connectivity index (χ0) is 11.5. The predicted molar refractivity (Wildman–Crippen MR) is 60.9 cm³/mol. The third-order valence-electron chi connectivity index (χ3n) is 2.87. The van der Waals surface area contributed by atoms with Crippen LogP contribution in [-0.2, 0) is 4.79 Å². The van der Waals surface area contributed by atoms with Crippen LogP contribution in [-0.4, -0.2) is 37.5 Å². The predicted octanol–water partition coefficient (Wildman–Crippen LogP) is 1.49.